The Labute approximate surface area is 79.4 Å². The third-order valence-corrected chi connectivity index (χ3v) is 18.7. The zero-order valence-electron chi connectivity index (χ0n) is 9.69. The van der Waals surface area contributed by atoms with Crippen LogP contribution in [0.1, 0.15) is 20.3 Å². The summed E-state index contributed by atoms with van der Waals surface area (Å²) >= 11 is 0. The van der Waals surface area contributed by atoms with Crippen molar-refractivity contribution in [2.45, 2.75) is 59.1 Å². The minimum absolute atomic E-state index is 0.457. The smallest absolute Gasteiger partial charge is 0.173 e. The van der Waals surface area contributed by atoms with Gasteiger partial charge in [-0.2, -0.15) is 0 Å². The van der Waals surface area contributed by atoms with Gasteiger partial charge < -0.3 is 4.43 Å². The van der Waals surface area contributed by atoms with E-state index in [1.165, 1.54) is 0 Å². The van der Waals surface area contributed by atoms with Gasteiger partial charge in [-0.3, -0.25) is 0 Å². The quantitative estimate of drug-likeness (QED) is 0.638. The lowest BCUT2D eigenvalue weighted by Crippen LogP contribution is -2.56. The number of hydrogen-bond donors (Lipinski definition) is 0. The van der Waals surface area contributed by atoms with Crippen molar-refractivity contribution >= 4 is 15.4 Å². The molecule has 74 valence electrons. The van der Waals surface area contributed by atoms with Crippen LogP contribution in [0.2, 0.25) is 32.7 Å². The van der Waals surface area contributed by atoms with E-state index in [4.69, 9.17) is 4.43 Å². The van der Waals surface area contributed by atoms with Gasteiger partial charge in [0, 0.05) is 6.10 Å². The molecule has 0 aromatic rings. The summed E-state index contributed by atoms with van der Waals surface area (Å²) < 4.78 is 6.15. The Hall–Kier alpha value is 0.394. The van der Waals surface area contributed by atoms with Crippen molar-refractivity contribution in [3.05, 3.63) is 0 Å². The van der Waals surface area contributed by atoms with Gasteiger partial charge in [0.1, 0.15) is 0 Å². The molecule has 0 amide bonds. The molecule has 0 rings (SSSR count). The SMILES string of the molecule is CCC(C)O[Si](C)(C)[Si](C)(C)C. The van der Waals surface area contributed by atoms with E-state index in [0.29, 0.717) is 6.10 Å². The van der Waals surface area contributed by atoms with Crippen LogP contribution < -0.4 is 0 Å². The topological polar surface area (TPSA) is 9.23 Å². The lowest BCUT2D eigenvalue weighted by Gasteiger charge is -2.37. The molecule has 1 atom stereocenters. The van der Waals surface area contributed by atoms with E-state index < -0.39 is 15.4 Å². The first-order valence-electron chi connectivity index (χ1n) is 4.88. The van der Waals surface area contributed by atoms with Crippen LogP contribution in [-0.2, 0) is 4.43 Å². The molecule has 0 saturated heterocycles. The average Bonchev–Trinajstić information content (AvgIpc) is 1.84. The highest BCUT2D eigenvalue weighted by Gasteiger charge is 2.39. The zero-order chi connectivity index (χ0) is 9.99. The Morgan fingerprint density at radius 1 is 1.08 bits per heavy atom. The second-order valence-electron chi connectivity index (χ2n) is 5.10. The van der Waals surface area contributed by atoms with E-state index in [-0.39, 0.29) is 0 Å². The Morgan fingerprint density at radius 3 is 1.75 bits per heavy atom. The molecule has 0 fully saturated rings. The van der Waals surface area contributed by atoms with Crippen LogP contribution in [0, 0.1) is 0 Å². The lowest BCUT2D eigenvalue weighted by atomic mass is 10.3. The maximum Gasteiger partial charge on any atom is 0.173 e. The van der Waals surface area contributed by atoms with E-state index in [9.17, 15) is 0 Å². The first kappa shape index (κ1) is 12.4. The van der Waals surface area contributed by atoms with Gasteiger partial charge in [0.05, 0.1) is 7.59 Å². The summed E-state index contributed by atoms with van der Waals surface area (Å²) in [5, 5.41) is 0. The monoisotopic (exact) mass is 204 g/mol. The van der Waals surface area contributed by atoms with Gasteiger partial charge in [0.2, 0.25) is 0 Å². The molecule has 0 heterocycles. The van der Waals surface area contributed by atoms with Crippen LogP contribution in [0.15, 0.2) is 0 Å². The standard InChI is InChI=1S/C9H24OSi2/c1-8-9(2)10-12(6,7)11(3,4)5/h9H,8H2,1-7H3. The molecule has 1 unspecified atom stereocenters. The first-order valence-corrected chi connectivity index (χ1v) is 12.3. The van der Waals surface area contributed by atoms with E-state index in [0.717, 1.165) is 6.42 Å². The third kappa shape index (κ3) is 3.41. The van der Waals surface area contributed by atoms with Crippen LogP contribution in [0.25, 0.3) is 0 Å². The van der Waals surface area contributed by atoms with Crippen molar-refractivity contribution in [1.29, 1.82) is 0 Å². The van der Waals surface area contributed by atoms with Gasteiger partial charge in [0.15, 0.2) is 7.83 Å². The fourth-order valence-electron chi connectivity index (χ4n) is 0.763. The molecule has 0 aliphatic carbocycles. The molecular formula is C9H24OSi2. The summed E-state index contributed by atoms with van der Waals surface area (Å²) in [6.45, 7) is 16.4. The second kappa shape index (κ2) is 4.07. The normalized spacial score (nSPS) is 16.2. The summed E-state index contributed by atoms with van der Waals surface area (Å²) in [5.41, 5.74) is 0. The molecule has 0 aromatic carbocycles. The van der Waals surface area contributed by atoms with Crippen molar-refractivity contribution in [1.82, 2.24) is 0 Å². The average molecular weight is 204 g/mol. The van der Waals surface area contributed by atoms with Crippen molar-refractivity contribution in [3.8, 4) is 0 Å². The molecule has 3 heteroatoms. The fourth-order valence-corrected chi connectivity index (χ4v) is 3.95. The molecule has 0 bridgehead atoms. The molecule has 0 saturated carbocycles. The summed E-state index contributed by atoms with van der Waals surface area (Å²) in [4.78, 5) is 0. The predicted octanol–water partition coefficient (Wildman–Crippen LogP) is 3.42. The Morgan fingerprint density at radius 2 is 1.50 bits per heavy atom. The van der Waals surface area contributed by atoms with Gasteiger partial charge in [-0.1, -0.05) is 26.6 Å². The molecule has 0 aliphatic rings. The molecule has 0 radical (unpaired) electrons. The largest absolute Gasteiger partial charge is 0.417 e. The highest BCUT2D eigenvalue weighted by atomic mass is 29.3. The van der Waals surface area contributed by atoms with Crippen LogP contribution in [0.4, 0.5) is 0 Å². The van der Waals surface area contributed by atoms with Gasteiger partial charge in [-0.25, -0.2) is 0 Å². The highest BCUT2D eigenvalue weighted by molar-refractivity contribution is 7.37. The Kier molecular flexibility index (Phi) is 4.20. The lowest BCUT2D eigenvalue weighted by molar-refractivity contribution is 0.215. The summed E-state index contributed by atoms with van der Waals surface area (Å²) in [5.74, 6) is 0. The van der Waals surface area contributed by atoms with Crippen molar-refractivity contribution in [3.63, 3.8) is 0 Å². The molecule has 0 N–H and O–H groups in total. The van der Waals surface area contributed by atoms with Crippen LogP contribution in [0.3, 0.4) is 0 Å². The molecular weight excluding hydrogens is 180 g/mol. The molecule has 0 aromatic heterocycles. The summed E-state index contributed by atoms with van der Waals surface area (Å²) in [6, 6.07) is 0. The van der Waals surface area contributed by atoms with Gasteiger partial charge in [0.25, 0.3) is 0 Å². The van der Waals surface area contributed by atoms with Crippen molar-refractivity contribution in [2.75, 3.05) is 0 Å². The minimum Gasteiger partial charge on any atom is -0.417 e. The molecule has 0 spiro atoms. The maximum absolute atomic E-state index is 6.15. The summed E-state index contributed by atoms with van der Waals surface area (Å²) in [7, 11) is -2.40. The first-order chi connectivity index (χ1) is 5.20. The molecule has 12 heavy (non-hydrogen) atoms. The highest BCUT2D eigenvalue weighted by Crippen LogP contribution is 2.22. The van der Waals surface area contributed by atoms with Crippen LogP contribution >= 0.6 is 0 Å². The summed E-state index contributed by atoms with van der Waals surface area (Å²) in [6.07, 6.45) is 1.60. The van der Waals surface area contributed by atoms with Crippen molar-refractivity contribution < 1.29 is 4.43 Å². The van der Waals surface area contributed by atoms with E-state index in [1.807, 2.05) is 0 Å². The second-order valence-corrected chi connectivity index (χ2v) is 21.0. The van der Waals surface area contributed by atoms with Gasteiger partial charge in [-0.15, -0.1) is 0 Å². The van der Waals surface area contributed by atoms with Crippen LogP contribution in [0.5, 0.6) is 0 Å². The minimum atomic E-state index is -1.35. The van der Waals surface area contributed by atoms with E-state index >= 15 is 0 Å². The van der Waals surface area contributed by atoms with Crippen molar-refractivity contribution in [2.24, 2.45) is 0 Å². The zero-order valence-corrected chi connectivity index (χ0v) is 11.7. The predicted molar refractivity (Wildman–Crippen MR) is 61.7 cm³/mol. The Balaban J connectivity index is 4.22. The van der Waals surface area contributed by atoms with Gasteiger partial charge in [-0.05, 0) is 26.4 Å². The maximum atomic E-state index is 6.15. The van der Waals surface area contributed by atoms with E-state index in [2.05, 4.69) is 46.6 Å². The van der Waals surface area contributed by atoms with Crippen LogP contribution in [-0.4, -0.2) is 21.5 Å². The Bertz CT molecular complexity index is 138. The number of rotatable bonds is 4. The van der Waals surface area contributed by atoms with E-state index in [1.54, 1.807) is 0 Å². The molecule has 1 nitrogen and oxygen atoms in total. The number of hydrogen-bond acceptors (Lipinski definition) is 1. The third-order valence-electron chi connectivity index (χ3n) is 2.88. The fraction of sp³-hybridized carbons (Fsp3) is 1.00. The van der Waals surface area contributed by atoms with Gasteiger partial charge >= 0.3 is 0 Å². The molecule has 0 aliphatic heterocycles.